The van der Waals surface area contributed by atoms with Gasteiger partial charge in [-0.25, -0.2) is 0 Å². The first kappa shape index (κ1) is 22.0. The van der Waals surface area contributed by atoms with Gasteiger partial charge in [0.05, 0.1) is 20.0 Å². The number of amides is 1. The third-order valence-corrected chi connectivity index (χ3v) is 5.66. The summed E-state index contributed by atoms with van der Waals surface area (Å²) in [6, 6.07) is 12.8. The van der Waals surface area contributed by atoms with Crippen molar-refractivity contribution in [2.45, 2.75) is 11.8 Å². The van der Waals surface area contributed by atoms with Crippen molar-refractivity contribution >= 4 is 39.3 Å². The Morgan fingerprint density at radius 2 is 1.83 bits per heavy atom. The number of ether oxygens (including phenoxy) is 3. The van der Waals surface area contributed by atoms with Crippen molar-refractivity contribution in [3.8, 4) is 17.2 Å². The van der Waals surface area contributed by atoms with E-state index >= 15 is 0 Å². The minimum atomic E-state index is -0.164. The van der Waals surface area contributed by atoms with Gasteiger partial charge in [-0.3, -0.25) is 4.79 Å². The maximum Gasteiger partial charge on any atom is 0.234 e. The Morgan fingerprint density at radius 1 is 1.10 bits per heavy atom. The molecule has 0 saturated carbocycles. The van der Waals surface area contributed by atoms with Gasteiger partial charge in [0.1, 0.15) is 12.4 Å². The Labute approximate surface area is 187 Å². The van der Waals surface area contributed by atoms with E-state index in [9.17, 15) is 4.79 Å². The zero-order valence-corrected chi connectivity index (χ0v) is 19.1. The van der Waals surface area contributed by atoms with Crippen LogP contribution in [0.2, 0.25) is 0 Å². The zero-order chi connectivity index (χ0) is 21.5. The van der Waals surface area contributed by atoms with Crippen LogP contribution >= 0.6 is 27.7 Å². The summed E-state index contributed by atoms with van der Waals surface area (Å²) in [7, 11) is 4.95. The molecule has 0 aliphatic rings. The lowest BCUT2D eigenvalue weighted by Gasteiger charge is -2.10. The van der Waals surface area contributed by atoms with E-state index in [-0.39, 0.29) is 18.3 Å². The lowest BCUT2D eigenvalue weighted by molar-refractivity contribution is -0.113. The second-order valence-electron chi connectivity index (χ2n) is 6.11. The Balaban J connectivity index is 1.53. The Bertz CT molecular complexity index is 1010. The SMILES string of the molecule is COc1ccc(NC(=O)CSc2nnc(COc3ccc(Br)cc3)n2C)cc1OC. The minimum Gasteiger partial charge on any atom is -0.493 e. The lowest BCUT2D eigenvalue weighted by atomic mass is 10.2. The van der Waals surface area contributed by atoms with Gasteiger partial charge in [-0.05, 0) is 36.4 Å². The molecule has 0 aliphatic carbocycles. The molecule has 1 N–H and O–H groups in total. The van der Waals surface area contributed by atoms with Crippen LogP contribution in [0, 0.1) is 0 Å². The molecule has 1 aromatic heterocycles. The van der Waals surface area contributed by atoms with Crippen LogP contribution in [0.3, 0.4) is 0 Å². The third kappa shape index (κ3) is 5.67. The Morgan fingerprint density at radius 3 is 2.53 bits per heavy atom. The summed E-state index contributed by atoms with van der Waals surface area (Å²) in [4.78, 5) is 12.3. The van der Waals surface area contributed by atoms with E-state index in [0.717, 1.165) is 10.2 Å². The van der Waals surface area contributed by atoms with Gasteiger partial charge in [-0.15, -0.1) is 10.2 Å². The van der Waals surface area contributed by atoms with Crippen LogP contribution in [-0.2, 0) is 18.4 Å². The number of carbonyl (C=O) groups excluding carboxylic acids is 1. The molecule has 30 heavy (non-hydrogen) atoms. The van der Waals surface area contributed by atoms with E-state index in [1.54, 1.807) is 32.4 Å². The molecule has 2 aromatic carbocycles. The van der Waals surface area contributed by atoms with Crippen molar-refractivity contribution in [3.05, 3.63) is 52.8 Å². The number of nitrogens with one attached hydrogen (secondary N) is 1. The maximum atomic E-state index is 12.3. The van der Waals surface area contributed by atoms with Crippen molar-refractivity contribution in [2.75, 3.05) is 25.3 Å². The number of methoxy groups -OCH3 is 2. The van der Waals surface area contributed by atoms with Crippen LogP contribution in [0.25, 0.3) is 0 Å². The molecule has 1 heterocycles. The van der Waals surface area contributed by atoms with Crippen LogP contribution in [0.1, 0.15) is 5.82 Å². The molecule has 0 spiro atoms. The summed E-state index contributed by atoms with van der Waals surface area (Å²) in [6.07, 6.45) is 0. The standard InChI is InChI=1S/C20H21BrN4O4S/c1-25-18(11-29-15-7-4-13(21)5-8-15)23-24-20(25)30-12-19(26)22-14-6-9-16(27-2)17(10-14)28-3/h4-10H,11-12H2,1-3H3,(H,22,26). The van der Waals surface area contributed by atoms with Gasteiger partial charge >= 0.3 is 0 Å². The first-order valence-corrected chi connectivity index (χ1v) is 10.7. The number of halogens is 1. The molecular formula is C20H21BrN4O4S. The first-order chi connectivity index (χ1) is 14.5. The normalized spacial score (nSPS) is 10.5. The van der Waals surface area contributed by atoms with Gasteiger partial charge in [0.2, 0.25) is 5.91 Å². The molecule has 0 fully saturated rings. The second kappa shape index (κ2) is 10.4. The smallest absolute Gasteiger partial charge is 0.234 e. The molecule has 3 aromatic rings. The largest absolute Gasteiger partial charge is 0.493 e. The predicted octanol–water partition coefficient (Wildman–Crippen LogP) is 3.90. The summed E-state index contributed by atoms with van der Waals surface area (Å²) in [5, 5.41) is 11.8. The summed E-state index contributed by atoms with van der Waals surface area (Å²) in [6.45, 7) is 0.281. The summed E-state index contributed by atoms with van der Waals surface area (Å²) in [5.74, 6) is 2.58. The molecule has 10 heteroatoms. The molecule has 0 radical (unpaired) electrons. The Kier molecular flexibility index (Phi) is 7.58. The van der Waals surface area contributed by atoms with E-state index in [0.29, 0.717) is 28.2 Å². The number of carbonyl (C=O) groups is 1. The molecule has 3 rings (SSSR count). The average molecular weight is 493 g/mol. The number of benzene rings is 2. The monoisotopic (exact) mass is 492 g/mol. The summed E-state index contributed by atoms with van der Waals surface area (Å²) >= 11 is 4.69. The quantitative estimate of drug-likeness (QED) is 0.453. The van der Waals surface area contributed by atoms with Gasteiger partial charge < -0.3 is 24.1 Å². The van der Waals surface area contributed by atoms with Gasteiger partial charge in [-0.2, -0.15) is 0 Å². The molecular weight excluding hydrogens is 472 g/mol. The number of hydrogen-bond donors (Lipinski definition) is 1. The molecule has 0 saturated heterocycles. The van der Waals surface area contributed by atoms with Crippen molar-refractivity contribution in [2.24, 2.45) is 7.05 Å². The number of hydrogen-bond acceptors (Lipinski definition) is 7. The fraction of sp³-hybridized carbons (Fsp3) is 0.250. The fourth-order valence-electron chi connectivity index (χ4n) is 2.52. The molecule has 8 nitrogen and oxygen atoms in total. The van der Waals surface area contributed by atoms with Crippen molar-refractivity contribution < 1.29 is 19.0 Å². The molecule has 0 bridgehead atoms. The van der Waals surface area contributed by atoms with E-state index in [1.165, 1.54) is 11.8 Å². The van der Waals surface area contributed by atoms with Crippen LogP contribution in [0.5, 0.6) is 17.2 Å². The fourth-order valence-corrected chi connectivity index (χ4v) is 3.51. The van der Waals surface area contributed by atoms with Crippen molar-refractivity contribution in [1.29, 1.82) is 0 Å². The summed E-state index contributed by atoms with van der Waals surface area (Å²) in [5.41, 5.74) is 0.625. The van der Waals surface area contributed by atoms with Gasteiger partial charge in [-0.1, -0.05) is 27.7 Å². The highest BCUT2D eigenvalue weighted by atomic mass is 79.9. The highest BCUT2D eigenvalue weighted by Crippen LogP contribution is 2.30. The predicted molar refractivity (Wildman–Crippen MR) is 118 cm³/mol. The van der Waals surface area contributed by atoms with Crippen LogP contribution < -0.4 is 19.5 Å². The second-order valence-corrected chi connectivity index (χ2v) is 7.97. The van der Waals surface area contributed by atoms with Crippen molar-refractivity contribution in [3.63, 3.8) is 0 Å². The van der Waals surface area contributed by atoms with Gasteiger partial charge in [0, 0.05) is 23.3 Å². The Hall–Kier alpha value is -2.72. The molecule has 158 valence electrons. The lowest BCUT2D eigenvalue weighted by Crippen LogP contribution is -2.14. The van der Waals surface area contributed by atoms with E-state index in [1.807, 2.05) is 35.9 Å². The molecule has 0 unspecified atom stereocenters. The number of thioether (sulfide) groups is 1. The maximum absolute atomic E-state index is 12.3. The number of anilines is 1. The number of nitrogens with zero attached hydrogens (tertiary/aromatic N) is 3. The molecule has 1 amide bonds. The highest BCUT2D eigenvalue weighted by Gasteiger charge is 2.13. The van der Waals surface area contributed by atoms with Crippen LogP contribution in [0.4, 0.5) is 5.69 Å². The zero-order valence-electron chi connectivity index (χ0n) is 16.7. The average Bonchev–Trinajstić information content (AvgIpc) is 3.11. The van der Waals surface area contributed by atoms with Crippen LogP contribution in [0.15, 0.2) is 52.1 Å². The number of aromatic nitrogens is 3. The van der Waals surface area contributed by atoms with Crippen molar-refractivity contribution in [1.82, 2.24) is 14.8 Å². The minimum absolute atomic E-state index is 0.164. The van der Waals surface area contributed by atoms with E-state index < -0.39 is 0 Å². The van der Waals surface area contributed by atoms with Gasteiger partial charge in [0.25, 0.3) is 0 Å². The highest BCUT2D eigenvalue weighted by molar-refractivity contribution is 9.10. The molecule has 0 aliphatic heterocycles. The van der Waals surface area contributed by atoms with E-state index in [2.05, 4.69) is 31.4 Å². The van der Waals surface area contributed by atoms with Crippen LogP contribution in [-0.4, -0.2) is 40.6 Å². The van der Waals surface area contributed by atoms with E-state index in [4.69, 9.17) is 14.2 Å². The summed E-state index contributed by atoms with van der Waals surface area (Å²) < 4.78 is 19.0. The first-order valence-electron chi connectivity index (χ1n) is 8.91. The van der Waals surface area contributed by atoms with Gasteiger partial charge in [0.15, 0.2) is 22.5 Å². The number of rotatable bonds is 9. The third-order valence-electron chi connectivity index (χ3n) is 4.11. The topological polar surface area (TPSA) is 87.5 Å². The molecule has 0 atom stereocenters.